The number of ether oxygens (including phenoxy) is 4. The molecule has 9 nitrogen and oxygen atoms in total. The summed E-state index contributed by atoms with van der Waals surface area (Å²) in [6.07, 6.45) is -0.389. The summed E-state index contributed by atoms with van der Waals surface area (Å²) in [5, 5.41) is 0. The molecule has 0 atom stereocenters. The second-order valence-electron chi connectivity index (χ2n) is 7.33. The summed E-state index contributed by atoms with van der Waals surface area (Å²) >= 11 is 0. The lowest BCUT2D eigenvalue weighted by molar-refractivity contribution is 0.00213. The van der Waals surface area contributed by atoms with Crippen LogP contribution in [0.15, 0.2) is 35.2 Å². The lowest BCUT2D eigenvalue weighted by Crippen LogP contribution is -2.36. The highest BCUT2D eigenvalue weighted by Crippen LogP contribution is 2.11. The van der Waals surface area contributed by atoms with Gasteiger partial charge in [-0.05, 0) is 32.9 Å². The molecule has 0 aliphatic rings. The van der Waals surface area contributed by atoms with Gasteiger partial charge in [0.25, 0.3) is 10.1 Å². The monoisotopic (exact) mass is 447 g/mol. The van der Waals surface area contributed by atoms with E-state index >= 15 is 0 Å². The van der Waals surface area contributed by atoms with Crippen molar-refractivity contribution in [3.05, 3.63) is 30.3 Å². The molecular weight excluding hydrogens is 414 g/mol. The molecule has 0 heterocycles. The van der Waals surface area contributed by atoms with Gasteiger partial charge in [-0.2, -0.15) is 8.42 Å². The molecule has 30 heavy (non-hydrogen) atoms. The van der Waals surface area contributed by atoms with Gasteiger partial charge < -0.3 is 23.8 Å². The molecule has 0 aliphatic carbocycles. The van der Waals surface area contributed by atoms with Crippen LogP contribution in [0.3, 0.4) is 0 Å². The average Bonchev–Trinajstić information content (AvgIpc) is 2.68. The maximum absolute atomic E-state index is 11.9. The van der Waals surface area contributed by atoms with E-state index in [2.05, 4.69) is 0 Å². The second-order valence-corrected chi connectivity index (χ2v) is 8.94. The Hall–Kier alpha value is -1.72. The van der Waals surface area contributed by atoms with Crippen molar-refractivity contribution in [3.8, 4) is 0 Å². The highest BCUT2D eigenvalue weighted by molar-refractivity contribution is 7.86. The molecule has 1 aromatic rings. The van der Waals surface area contributed by atoms with Crippen LogP contribution in [0.1, 0.15) is 20.8 Å². The molecule has 172 valence electrons. The third-order valence-electron chi connectivity index (χ3n) is 3.52. The molecule has 10 heteroatoms. The van der Waals surface area contributed by atoms with Gasteiger partial charge in [0.05, 0.1) is 51.1 Å². The minimum Gasteiger partial charge on any atom is -0.444 e. The van der Waals surface area contributed by atoms with Gasteiger partial charge in [-0.15, -0.1) is 0 Å². The van der Waals surface area contributed by atoms with E-state index in [1.165, 1.54) is 17.0 Å². The number of hydrogen-bond donors (Lipinski definition) is 0. The summed E-state index contributed by atoms with van der Waals surface area (Å²) in [6.45, 7) is 7.77. The van der Waals surface area contributed by atoms with Gasteiger partial charge in [-0.1, -0.05) is 18.2 Å². The van der Waals surface area contributed by atoms with E-state index in [1.807, 2.05) is 20.8 Å². The number of carbonyl (C=O) groups is 1. The Morgan fingerprint density at radius 2 is 1.37 bits per heavy atom. The summed E-state index contributed by atoms with van der Waals surface area (Å²) in [5.74, 6) is 0. The van der Waals surface area contributed by atoms with Crippen LogP contribution in [0.2, 0.25) is 0 Å². The predicted octanol–water partition coefficient (Wildman–Crippen LogP) is 2.31. The largest absolute Gasteiger partial charge is 0.444 e. The summed E-state index contributed by atoms with van der Waals surface area (Å²) in [6, 6.07) is 7.94. The van der Waals surface area contributed by atoms with Crippen molar-refractivity contribution in [3.63, 3.8) is 0 Å². The van der Waals surface area contributed by atoms with E-state index in [1.54, 1.807) is 25.2 Å². The van der Waals surface area contributed by atoms with Gasteiger partial charge >= 0.3 is 6.09 Å². The number of benzene rings is 1. The SMILES string of the molecule is CN(CCOCCOCCOCCOS(=O)(=O)c1ccccc1)C(=O)OC(C)(C)C. The Morgan fingerprint density at radius 1 is 0.867 bits per heavy atom. The van der Waals surface area contributed by atoms with Crippen LogP contribution in [-0.2, 0) is 33.2 Å². The number of carbonyl (C=O) groups excluding carboxylic acids is 1. The molecule has 0 spiro atoms. The zero-order chi connectivity index (χ0) is 22.5. The van der Waals surface area contributed by atoms with Crippen LogP contribution in [-0.4, -0.2) is 84.9 Å². The third-order valence-corrected chi connectivity index (χ3v) is 4.84. The molecule has 0 aliphatic heterocycles. The topological polar surface area (TPSA) is 101 Å². The van der Waals surface area contributed by atoms with Gasteiger partial charge in [0.15, 0.2) is 0 Å². The minimum absolute atomic E-state index is 0.0640. The highest BCUT2D eigenvalue weighted by Gasteiger charge is 2.19. The molecule has 1 rings (SSSR count). The van der Waals surface area contributed by atoms with Crippen molar-refractivity contribution in [2.75, 3.05) is 59.8 Å². The van der Waals surface area contributed by atoms with Crippen LogP contribution < -0.4 is 0 Å². The number of likely N-dealkylation sites (N-methyl/N-ethyl adjacent to an activating group) is 1. The molecule has 0 aromatic heterocycles. The lowest BCUT2D eigenvalue weighted by atomic mass is 10.2. The molecule has 0 N–H and O–H groups in total. The number of rotatable bonds is 14. The van der Waals surface area contributed by atoms with Gasteiger partial charge in [0.2, 0.25) is 0 Å². The first-order valence-electron chi connectivity index (χ1n) is 9.73. The fourth-order valence-electron chi connectivity index (χ4n) is 2.03. The molecule has 1 amide bonds. The third kappa shape index (κ3) is 12.1. The van der Waals surface area contributed by atoms with E-state index in [4.69, 9.17) is 23.1 Å². The molecule has 0 saturated carbocycles. The van der Waals surface area contributed by atoms with Crippen LogP contribution in [0, 0.1) is 0 Å². The minimum atomic E-state index is -3.75. The summed E-state index contributed by atoms with van der Waals surface area (Å²) in [4.78, 5) is 13.3. The average molecular weight is 448 g/mol. The number of hydrogen-bond acceptors (Lipinski definition) is 8. The fraction of sp³-hybridized carbons (Fsp3) is 0.650. The maximum atomic E-state index is 11.9. The van der Waals surface area contributed by atoms with E-state index in [-0.39, 0.29) is 24.2 Å². The van der Waals surface area contributed by atoms with Crippen molar-refractivity contribution in [2.45, 2.75) is 31.3 Å². The van der Waals surface area contributed by atoms with Crippen molar-refractivity contribution in [1.82, 2.24) is 4.90 Å². The molecule has 0 fully saturated rings. The molecule has 0 saturated heterocycles. The first-order valence-corrected chi connectivity index (χ1v) is 11.1. The van der Waals surface area contributed by atoms with Crippen molar-refractivity contribution < 1.29 is 36.3 Å². The van der Waals surface area contributed by atoms with Gasteiger partial charge in [0.1, 0.15) is 5.60 Å². The molecule has 0 radical (unpaired) electrons. The molecule has 1 aromatic carbocycles. The van der Waals surface area contributed by atoms with Crippen LogP contribution in [0.5, 0.6) is 0 Å². The van der Waals surface area contributed by atoms with E-state index in [0.29, 0.717) is 39.6 Å². The summed E-state index contributed by atoms with van der Waals surface area (Å²) < 4.78 is 50.0. The second kappa shape index (κ2) is 13.6. The Bertz CT molecular complexity index is 703. The standard InChI is InChI=1S/C20H33NO8S/c1-20(2,3)29-19(22)21(4)10-11-25-12-13-26-14-15-27-16-17-28-30(23,24)18-8-6-5-7-9-18/h5-9H,10-17H2,1-4H3. The predicted molar refractivity (Wildman–Crippen MR) is 111 cm³/mol. The lowest BCUT2D eigenvalue weighted by Gasteiger charge is -2.24. The van der Waals surface area contributed by atoms with Crippen LogP contribution in [0.25, 0.3) is 0 Å². The number of amides is 1. The van der Waals surface area contributed by atoms with Crippen molar-refractivity contribution in [1.29, 1.82) is 0 Å². The quantitative estimate of drug-likeness (QED) is 0.316. The Kier molecular flexibility index (Phi) is 11.9. The van der Waals surface area contributed by atoms with Crippen LogP contribution in [0.4, 0.5) is 4.79 Å². The number of nitrogens with zero attached hydrogens (tertiary/aromatic N) is 1. The first-order chi connectivity index (χ1) is 14.1. The summed E-state index contributed by atoms with van der Waals surface area (Å²) in [5.41, 5.74) is -0.523. The van der Waals surface area contributed by atoms with Gasteiger partial charge in [-0.25, -0.2) is 4.79 Å². The highest BCUT2D eigenvalue weighted by atomic mass is 32.2. The maximum Gasteiger partial charge on any atom is 0.410 e. The normalized spacial score (nSPS) is 12.0. The molecule has 0 bridgehead atoms. The van der Waals surface area contributed by atoms with E-state index in [9.17, 15) is 13.2 Å². The molecule has 0 unspecified atom stereocenters. The van der Waals surface area contributed by atoms with E-state index < -0.39 is 15.7 Å². The summed E-state index contributed by atoms with van der Waals surface area (Å²) in [7, 11) is -2.10. The smallest absolute Gasteiger partial charge is 0.410 e. The molecular formula is C20H33NO8S. The Labute approximate surface area is 179 Å². The van der Waals surface area contributed by atoms with Crippen molar-refractivity contribution in [2.24, 2.45) is 0 Å². The zero-order valence-corrected chi connectivity index (χ0v) is 19.0. The fourth-order valence-corrected chi connectivity index (χ4v) is 2.95. The van der Waals surface area contributed by atoms with Gasteiger partial charge in [0, 0.05) is 13.6 Å². The van der Waals surface area contributed by atoms with Gasteiger partial charge in [-0.3, -0.25) is 4.18 Å². The zero-order valence-electron chi connectivity index (χ0n) is 18.2. The first kappa shape index (κ1) is 26.3. The Balaban J connectivity index is 1.95. The Morgan fingerprint density at radius 3 is 1.90 bits per heavy atom. The van der Waals surface area contributed by atoms with Crippen LogP contribution >= 0.6 is 0 Å². The van der Waals surface area contributed by atoms with Crippen molar-refractivity contribution >= 4 is 16.2 Å². The van der Waals surface area contributed by atoms with E-state index in [0.717, 1.165) is 0 Å².